The molecule has 1 rings (SSSR count). The minimum atomic E-state index is -0.959. The summed E-state index contributed by atoms with van der Waals surface area (Å²) in [6, 6.07) is -0.811. The molecule has 2 N–H and O–H groups in total. The van der Waals surface area contributed by atoms with Gasteiger partial charge in [0.1, 0.15) is 6.04 Å². The summed E-state index contributed by atoms with van der Waals surface area (Å²) in [4.78, 5) is 23.1. The lowest BCUT2D eigenvalue weighted by atomic mass is 9.85. The van der Waals surface area contributed by atoms with Crippen molar-refractivity contribution in [1.82, 2.24) is 5.32 Å². The molecule has 0 heterocycles. The van der Waals surface area contributed by atoms with Crippen LogP contribution in [0.25, 0.3) is 0 Å². The quantitative estimate of drug-likeness (QED) is 0.811. The highest BCUT2D eigenvalue weighted by Crippen LogP contribution is 2.26. The van der Waals surface area contributed by atoms with Crippen molar-refractivity contribution in [1.29, 1.82) is 0 Å². The van der Waals surface area contributed by atoms with Crippen molar-refractivity contribution >= 4 is 11.9 Å². The lowest BCUT2D eigenvalue weighted by Crippen LogP contribution is -2.49. The van der Waals surface area contributed by atoms with Crippen LogP contribution in [0.15, 0.2) is 0 Å². The van der Waals surface area contributed by atoms with E-state index in [4.69, 9.17) is 5.11 Å². The highest BCUT2D eigenvalue weighted by atomic mass is 16.4. The summed E-state index contributed by atoms with van der Waals surface area (Å²) in [5.74, 6) is -0.642. The number of aliphatic carboxylic acids is 1. The number of hydrogen-bond acceptors (Lipinski definition) is 2. The Balaban J connectivity index is 2.48. The van der Waals surface area contributed by atoms with Crippen LogP contribution in [-0.2, 0) is 9.59 Å². The molecule has 0 aromatic heterocycles. The minimum absolute atomic E-state index is 0.121. The largest absolute Gasteiger partial charge is 0.480 e. The van der Waals surface area contributed by atoms with E-state index in [9.17, 15) is 9.59 Å². The van der Waals surface area contributed by atoms with Crippen molar-refractivity contribution in [2.75, 3.05) is 0 Å². The molecule has 1 amide bonds. The lowest BCUT2D eigenvalue weighted by molar-refractivity contribution is -0.145. The molecule has 0 aromatic rings. The van der Waals surface area contributed by atoms with Crippen LogP contribution in [0, 0.1) is 11.3 Å². The summed E-state index contributed by atoms with van der Waals surface area (Å²) in [6.45, 7) is 5.48. The number of carboxylic acid groups (broad SMARTS) is 1. The van der Waals surface area contributed by atoms with Crippen LogP contribution < -0.4 is 5.32 Å². The molecule has 4 heteroatoms. The second-order valence-electron chi connectivity index (χ2n) is 6.41. The van der Waals surface area contributed by atoms with Gasteiger partial charge in [0.15, 0.2) is 0 Å². The zero-order valence-corrected chi connectivity index (χ0v) is 11.7. The van der Waals surface area contributed by atoms with Crippen molar-refractivity contribution in [3.8, 4) is 0 Å². The second kappa shape index (κ2) is 6.21. The van der Waals surface area contributed by atoms with Gasteiger partial charge in [-0.1, -0.05) is 40.0 Å². The van der Waals surface area contributed by atoms with Gasteiger partial charge in [-0.3, -0.25) is 4.79 Å². The maximum Gasteiger partial charge on any atom is 0.326 e. The fraction of sp³-hybridized carbons (Fsp3) is 0.857. The van der Waals surface area contributed by atoms with Crippen molar-refractivity contribution in [3.63, 3.8) is 0 Å². The SMILES string of the molecule is CC(C)(C)C(NC(=O)CC1CCCCC1)C(=O)O. The third kappa shape index (κ3) is 4.67. The molecule has 1 saturated carbocycles. The second-order valence-corrected chi connectivity index (χ2v) is 6.41. The highest BCUT2D eigenvalue weighted by Gasteiger charge is 2.33. The first-order valence-corrected chi connectivity index (χ1v) is 6.83. The average Bonchev–Trinajstić information content (AvgIpc) is 2.25. The van der Waals surface area contributed by atoms with Gasteiger partial charge in [0, 0.05) is 6.42 Å². The van der Waals surface area contributed by atoms with Crippen LogP contribution in [0.2, 0.25) is 0 Å². The van der Waals surface area contributed by atoms with E-state index in [1.165, 1.54) is 19.3 Å². The fourth-order valence-electron chi connectivity index (χ4n) is 2.52. The number of carbonyl (C=O) groups is 2. The molecule has 1 aliphatic rings. The first-order valence-electron chi connectivity index (χ1n) is 6.83. The Morgan fingerprint density at radius 2 is 1.78 bits per heavy atom. The number of nitrogens with one attached hydrogen (secondary N) is 1. The first kappa shape index (κ1) is 15.0. The standard InChI is InChI=1S/C14H25NO3/c1-14(2,3)12(13(17)18)15-11(16)9-10-7-5-4-6-8-10/h10,12H,4-9H2,1-3H3,(H,15,16)(H,17,18). The minimum Gasteiger partial charge on any atom is -0.480 e. The van der Waals surface area contributed by atoms with E-state index in [1.54, 1.807) is 0 Å². The van der Waals surface area contributed by atoms with E-state index in [-0.39, 0.29) is 5.91 Å². The molecule has 0 aliphatic heterocycles. The Morgan fingerprint density at radius 3 is 2.22 bits per heavy atom. The fourth-order valence-corrected chi connectivity index (χ4v) is 2.52. The highest BCUT2D eigenvalue weighted by molar-refractivity contribution is 5.84. The molecular formula is C14H25NO3. The lowest BCUT2D eigenvalue weighted by Gasteiger charge is -2.29. The maximum absolute atomic E-state index is 11.9. The van der Waals surface area contributed by atoms with Gasteiger partial charge in [0.05, 0.1) is 0 Å². The van der Waals surface area contributed by atoms with Gasteiger partial charge in [-0.15, -0.1) is 0 Å². The summed E-state index contributed by atoms with van der Waals surface area (Å²) in [5, 5.41) is 11.8. The van der Waals surface area contributed by atoms with Gasteiger partial charge in [0.25, 0.3) is 0 Å². The van der Waals surface area contributed by atoms with Gasteiger partial charge in [-0.05, 0) is 24.2 Å². The predicted octanol–water partition coefficient (Wildman–Crippen LogP) is 2.57. The Kier molecular flexibility index (Phi) is 5.17. The van der Waals surface area contributed by atoms with Crippen LogP contribution in [0.5, 0.6) is 0 Å². The number of amides is 1. The summed E-state index contributed by atoms with van der Waals surface area (Å²) >= 11 is 0. The Bertz CT molecular complexity index is 301. The van der Waals surface area contributed by atoms with Crippen molar-refractivity contribution < 1.29 is 14.7 Å². The van der Waals surface area contributed by atoms with E-state index < -0.39 is 17.4 Å². The topological polar surface area (TPSA) is 66.4 Å². The monoisotopic (exact) mass is 255 g/mol. The predicted molar refractivity (Wildman–Crippen MR) is 70.2 cm³/mol. The van der Waals surface area contributed by atoms with Crippen LogP contribution in [0.3, 0.4) is 0 Å². The smallest absolute Gasteiger partial charge is 0.326 e. The van der Waals surface area contributed by atoms with Gasteiger partial charge < -0.3 is 10.4 Å². The van der Waals surface area contributed by atoms with E-state index >= 15 is 0 Å². The zero-order chi connectivity index (χ0) is 13.8. The molecule has 0 saturated heterocycles. The van der Waals surface area contributed by atoms with E-state index in [0.29, 0.717) is 12.3 Å². The Morgan fingerprint density at radius 1 is 1.22 bits per heavy atom. The summed E-state index contributed by atoms with van der Waals surface area (Å²) < 4.78 is 0. The molecule has 4 nitrogen and oxygen atoms in total. The van der Waals surface area contributed by atoms with Crippen LogP contribution in [0.1, 0.15) is 59.3 Å². The number of carbonyl (C=O) groups excluding carboxylic acids is 1. The molecule has 0 spiro atoms. The molecule has 0 radical (unpaired) electrons. The van der Waals surface area contributed by atoms with Gasteiger partial charge in [-0.2, -0.15) is 0 Å². The van der Waals surface area contributed by atoms with Gasteiger partial charge in [-0.25, -0.2) is 4.79 Å². The number of carboxylic acids is 1. The normalized spacial score (nSPS) is 19.3. The summed E-state index contributed by atoms with van der Waals surface area (Å²) in [7, 11) is 0. The van der Waals surface area contributed by atoms with E-state index in [0.717, 1.165) is 12.8 Å². The van der Waals surface area contributed by atoms with Crippen molar-refractivity contribution in [2.24, 2.45) is 11.3 Å². The molecule has 1 unspecified atom stereocenters. The molecule has 0 aromatic carbocycles. The van der Waals surface area contributed by atoms with Crippen molar-refractivity contribution in [3.05, 3.63) is 0 Å². The van der Waals surface area contributed by atoms with Gasteiger partial charge >= 0.3 is 5.97 Å². The van der Waals surface area contributed by atoms with Crippen LogP contribution in [0.4, 0.5) is 0 Å². The van der Waals surface area contributed by atoms with Crippen molar-refractivity contribution in [2.45, 2.75) is 65.3 Å². The van der Waals surface area contributed by atoms with Gasteiger partial charge in [0.2, 0.25) is 5.91 Å². The first-order chi connectivity index (χ1) is 8.30. The third-order valence-corrected chi connectivity index (χ3v) is 3.62. The van der Waals surface area contributed by atoms with E-state index in [1.807, 2.05) is 20.8 Å². The summed E-state index contributed by atoms with van der Waals surface area (Å²) in [6.07, 6.45) is 6.32. The van der Waals surface area contributed by atoms with Crippen LogP contribution in [-0.4, -0.2) is 23.0 Å². The maximum atomic E-state index is 11.9. The van der Waals surface area contributed by atoms with E-state index in [2.05, 4.69) is 5.32 Å². The molecule has 18 heavy (non-hydrogen) atoms. The number of rotatable bonds is 4. The molecular weight excluding hydrogens is 230 g/mol. The molecule has 104 valence electrons. The molecule has 1 atom stereocenters. The molecule has 1 aliphatic carbocycles. The Hall–Kier alpha value is -1.06. The Labute approximate surface area is 109 Å². The zero-order valence-electron chi connectivity index (χ0n) is 11.7. The molecule has 1 fully saturated rings. The van der Waals surface area contributed by atoms with Crippen LogP contribution >= 0.6 is 0 Å². The average molecular weight is 255 g/mol. The summed E-state index contributed by atoms with van der Waals surface area (Å²) in [5.41, 5.74) is -0.464. The third-order valence-electron chi connectivity index (χ3n) is 3.62. The molecule has 0 bridgehead atoms. The number of hydrogen-bond donors (Lipinski definition) is 2.